The fourth-order valence-corrected chi connectivity index (χ4v) is 4.67. The molecular formula is C16H30N2. The summed E-state index contributed by atoms with van der Waals surface area (Å²) in [4.78, 5) is 2.83. The topological polar surface area (TPSA) is 29.3 Å². The molecule has 0 radical (unpaired) electrons. The molecule has 1 aliphatic heterocycles. The molecule has 3 rings (SSSR count). The molecular weight excluding hydrogens is 220 g/mol. The van der Waals surface area contributed by atoms with Crippen molar-refractivity contribution in [3.63, 3.8) is 0 Å². The zero-order chi connectivity index (χ0) is 12.5. The Labute approximate surface area is 112 Å². The minimum Gasteiger partial charge on any atom is -0.329 e. The van der Waals surface area contributed by atoms with Crippen molar-refractivity contribution in [2.75, 3.05) is 6.54 Å². The maximum Gasteiger partial charge on any atom is 0.0224 e. The molecule has 1 saturated heterocycles. The van der Waals surface area contributed by atoms with Crippen LogP contribution in [0.2, 0.25) is 0 Å². The van der Waals surface area contributed by atoms with Crippen molar-refractivity contribution < 1.29 is 0 Å². The van der Waals surface area contributed by atoms with Crippen LogP contribution in [0.25, 0.3) is 0 Å². The van der Waals surface area contributed by atoms with Crippen molar-refractivity contribution in [2.24, 2.45) is 17.6 Å². The predicted molar refractivity (Wildman–Crippen MR) is 76.5 cm³/mol. The van der Waals surface area contributed by atoms with Gasteiger partial charge in [0.25, 0.3) is 0 Å². The molecule has 3 aliphatic rings. The van der Waals surface area contributed by atoms with Gasteiger partial charge in [-0.05, 0) is 57.3 Å². The third kappa shape index (κ3) is 2.60. The molecule has 0 aromatic rings. The number of hydrogen-bond donors (Lipinski definition) is 1. The summed E-state index contributed by atoms with van der Waals surface area (Å²) in [6.45, 7) is 3.30. The van der Waals surface area contributed by atoms with E-state index >= 15 is 0 Å². The van der Waals surface area contributed by atoms with Crippen molar-refractivity contribution in [1.29, 1.82) is 0 Å². The van der Waals surface area contributed by atoms with Gasteiger partial charge in [-0.1, -0.05) is 19.3 Å². The lowest BCUT2D eigenvalue weighted by atomic mass is 9.80. The van der Waals surface area contributed by atoms with Crippen LogP contribution < -0.4 is 5.73 Å². The summed E-state index contributed by atoms with van der Waals surface area (Å²) in [5, 5.41) is 0. The van der Waals surface area contributed by atoms with Gasteiger partial charge in [0.1, 0.15) is 0 Å². The van der Waals surface area contributed by atoms with Crippen LogP contribution in [-0.2, 0) is 0 Å². The van der Waals surface area contributed by atoms with Crippen LogP contribution in [0.15, 0.2) is 0 Å². The molecule has 2 heteroatoms. The van der Waals surface area contributed by atoms with Crippen LogP contribution in [0.5, 0.6) is 0 Å². The quantitative estimate of drug-likeness (QED) is 0.833. The third-order valence-corrected chi connectivity index (χ3v) is 5.76. The second-order valence-electron chi connectivity index (χ2n) is 7.03. The molecule has 0 spiro atoms. The summed E-state index contributed by atoms with van der Waals surface area (Å²) in [5.74, 6) is 2.15. The summed E-state index contributed by atoms with van der Waals surface area (Å²) in [6.07, 6.45) is 13.0. The van der Waals surface area contributed by atoms with E-state index in [9.17, 15) is 0 Å². The monoisotopic (exact) mass is 250 g/mol. The van der Waals surface area contributed by atoms with Crippen molar-refractivity contribution in [2.45, 2.75) is 82.8 Å². The molecule has 0 amide bonds. The average Bonchev–Trinajstić information content (AvgIpc) is 3.23. The van der Waals surface area contributed by atoms with Gasteiger partial charge in [0.05, 0.1) is 0 Å². The van der Waals surface area contributed by atoms with E-state index in [0.717, 1.165) is 30.5 Å². The summed E-state index contributed by atoms with van der Waals surface area (Å²) >= 11 is 0. The van der Waals surface area contributed by atoms with Gasteiger partial charge in [-0.25, -0.2) is 0 Å². The maximum atomic E-state index is 6.03. The van der Waals surface area contributed by atoms with E-state index < -0.39 is 0 Å². The second-order valence-corrected chi connectivity index (χ2v) is 7.03. The summed E-state index contributed by atoms with van der Waals surface area (Å²) in [5.41, 5.74) is 6.03. The molecule has 4 unspecified atom stereocenters. The first-order valence-electron chi connectivity index (χ1n) is 8.27. The Kier molecular flexibility index (Phi) is 3.95. The Morgan fingerprint density at radius 2 is 1.72 bits per heavy atom. The average molecular weight is 250 g/mol. The largest absolute Gasteiger partial charge is 0.329 e. The molecule has 104 valence electrons. The van der Waals surface area contributed by atoms with E-state index in [1.165, 1.54) is 57.8 Å². The van der Waals surface area contributed by atoms with Crippen LogP contribution in [0.1, 0.15) is 64.7 Å². The highest BCUT2D eigenvalue weighted by Gasteiger charge is 2.39. The zero-order valence-electron chi connectivity index (χ0n) is 12.0. The molecule has 2 aliphatic carbocycles. The molecule has 0 bridgehead atoms. The Balaban J connectivity index is 1.66. The first-order valence-corrected chi connectivity index (χ1v) is 8.27. The van der Waals surface area contributed by atoms with E-state index in [4.69, 9.17) is 5.73 Å². The molecule has 0 aromatic carbocycles. The van der Waals surface area contributed by atoms with Gasteiger partial charge in [0.2, 0.25) is 0 Å². The number of rotatable bonds is 3. The first kappa shape index (κ1) is 12.9. The second kappa shape index (κ2) is 5.50. The molecule has 18 heavy (non-hydrogen) atoms. The third-order valence-electron chi connectivity index (χ3n) is 5.76. The van der Waals surface area contributed by atoms with Crippen molar-refractivity contribution >= 4 is 0 Å². The van der Waals surface area contributed by atoms with Crippen LogP contribution in [0.4, 0.5) is 0 Å². The van der Waals surface area contributed by atoms with Crippen molar-refractivity contribution in [3.8, 4) is 0 Å². The van der Waals surface area contributed by atoms with Gasteiger partial charge >= 0.3 is 0 Å². The van der Waals surface area contributed by atoms with E-state index in [1.807, 2.05) is 0 Å². The lowest BCUT2D eigenvalue weighted by Crippen LogP contribution is -2.54. The minimum atomic E-state index is 0.678. The lowest BCUT2D eigenvalue weighted by molar-refractivity contribution is 0.0195. The molecule has 2 N–H and O–H groups in total. The fraction of sp³-hybridized carbons (Fsp3) is 1.00. The Hall–Kier alpha value is -0.0800. The minimum absolute atomic E-state index is 0.678. The predicted octanol–water partition coefficient (Wildman–Crippen LogP) is 3.16. The Morgan fingerprint density at radius 1 is 0.944 bits per heavy atom. The van der Waals surface area contributed by atoms with Gasteiger partial charge < -0.3 is 5.73 Å². The number of likely N-dealkylation sites (tertiary alicyclic amines) is 1. The summed E-state index contributed by atoms with van der Waals surface area (Å²) in [6, 6.07) is 2.31. The highest BCUT2D eigenvalue weighted by atomic mass is 15.2. The van der Waals surface area contributed by atoms with Crippen molar-refractivity contribution in [1.82, 2.24) is 4.90 Å². The molecule has 2 nitrogen and oxygen atoms in total. The SMILES string of the molecule is CC1CCCC(CN)N1C1CCCC(C2CC2)C1. The number of nitrogens with two attached hydrogens (primary N) is 1. The van der Waals surface area contributed by atoms with Gasteiger partial charge in [-0.3, -0.25) is 4.90 Å². The van der Waals surface area contributed by atoms with E-state index in [1.54, 1.807) is 0 Å². The van der Waals surface area contributed by atoms with Crippen LogP contribution >= 0.6 is 0 Å². The lowest BCUT2D eigenvalue weighted by Gasteiger charge is -2.48. The van der Waals surface area contributed by atoms with Crippen LogP contribution in [0.3, 0.4) is 0 Å². The van der Waals surface area contributed by atoms with Gasteiger partial charge in [-0.15, -0.1) is 0 Å². The maximum absolute atomic E-state index is 6.03. The van der Waals surface area contributed by atoms with Gasteiger partial charge in [-0.2, -0.15) is 0 Å². The van der Waals surface area contributed by atoms with E-state index in [-0.39, 0.29) is 0 Å². The highest BCUT2D eigenvalue weighted by molar-refractivity contribution is 4.93. The highest BCUT2D eigenvalue weighted by Crippen LogP contribution is 2.45. The molecule has 4 atom stereocenters. The van der Waals surface area contributed by atoms with E-state index in [2.05, 4.69) is 11.8 Å². The molecule has 2 saturated carbocycles. The molecule has 0 aromatic heterocycles. The van der Waals surface area contributed by atoms with E-state index in [0.29, 0.717) is 6.04 Å². The van der Waals surface area contributed by atoms with Gasteiger partial charge in [0, 0.05) is 24.7 Å². The standard InChI is InChI=1S/C16H30N2/c1-12-4-2-7-16(11-17)18(12)15-6-3-5-14(10-15)13-8-9-13/h12-16H,2-11,17H2,1H3. The van der Waals surface area contributed by atoms with Gasteiger partial charge in [0.15, 0.2) is 0 Å². The fourth-order valence-electron chi connectivity index (χ4n) is 4.67. The zero-order valence-corrected chi connectivity index (χ0v) is 12.0. The number of hydrogen-bond acceptors (Lipinski definition) is 2. The summed E-state index contributed by atoms with van der Waals surface area (Å²) in [7, 11) is 0. The normalized spacial score (nSPS) is 43.0. The number of piperidine rings is 1. The number of nitrogens with zero attached hydrogens (tertiary/aromatic N) is 1. The smallest absolute Gasteiger partial charge is 0.0224 e. The van der Waals surface area contributed by atoms with Crippen LogP contribution in [0, 0.1) is 11.8 Å². The Morgan fingerprint density at radius 3 is 2.44 bits per heavy atom. The van der Waals surface area contributed by atoms with Crippen LogP contribution in [-0.4, -0.2) is 29.6 Å². The summed E-state index contributed by atoms with van der Waals surface area (Å²) < 4.78 is 0. The Bertz CT molecular complexity index is 274. The molecule has 1 heterocycles. The van der Waals surface area contributed by atoms with Crippen molar-refractivity contribution in [3.05, 3.63) is 0 Å². The first-order chi connectivity index (χ1) is 8.79. The molecule has 3 fully saturated rings.